The SMILES string of the molecule is N#Cc1cccc(C(=O)Nc2nonc2-c2noc(=O)n2-c2ccc(F)c(C#N)c2)c1. The van der Waals surface area contributed by atoms with Gasteiger partial charge in [-0.2, -0.15) is 10.5 Å². The zero-order valence-electron chi connectivity index (χ0n) is 15.2. The minimum Gasteiger partial charge on any atom is -0.302 e. The smallest absolute Gasteiger partial charge is 0.302 e. The number of nitriles is 2. The van der Waals surface area contributed by atoms with Crippen LogP contribution in [0.1, 0.15) is 21.5 Å². The number of carbonyl (C=O) groups is 1. The predicted octanol–water partition coefficient (Wildman–Crippen LogP) is 2.01. The Labute approximate surface area is 171 Å². The summed E-state index contributed by atoms with van der Waals surface area (Å²) < 4.78 is 23.9. The van der Waals surface area contributed by atoms with Crippen molar-refractivity contribution in [1.29, 1.82) is 10.5 Å². The van der Waals surface area contributed by atoms with Gasteiger partial charge >= 0.3 is 5.76 Å². The predicted molar refractivity (Wildman–Crippen MR) is 99.2 cm³/mol. The fourth-order valence-corrected chi connectivity index (χ4v) is 2.69. The standard InChI is InChI=1S/C19H8FN7O4/c20-14-5-4-13(7-12(14)9-22)27-17(26-30-19(27)29)15-16(25-31-24-15)23-18(28)11-3-1-2-10(6-11)8-21/h1-7H,(H,23,25,28). The molecule has 0 aliphatic rings. The first-order valence-electron chi connectivity index (χ1n) is 8.45. The lowest BCUT2D eigenvalue weighted by molar-refractivity contribution is 0.102. The molecule has 0 saturated carbocycles. The maximum absolute atomic E-state index is 13.7. The van der Waals surface area contributed by atoms with Gasteiger partial charge in [0.25, 0.3) is 5.91 Å². The van der Waals surface area contributed by atoms with Crippen LogP contribution in [0.25, 0.3) is 17.2 Å². The number of hydrogen-bond acceptors (Lipinski definition) is 9. The van der Waals surface area contributed by atoms with Gasteiger partial charge in [0.2, 0.25) is 11.6 Å². The Balaban J connectivity index is 1.73. The van der Waals surface area contributed by atoms with Gasteiger partial charge in [-0.25, -0.2) is 18.4 Å². The molecule has 2 aromatic heterocycles. The van der Waals surface area contributed by atoms with Crippen LogP contribution >= 0.6 is 0 Å². The molecule has 150 valence electrons. The van der Waals surface area contributed by atoms with Gasteiger partial charge < -0.3 is 5.32 Å². The summed E-state index contributed by atoms with van der Waals surface area (Å²) in [6.07, 6.45) is 0. The molecule has 4 rings (SSSR count). The van der Waals surface area contributed by atoms with Crippen molar-refractivity contribution in [3.05, 3.63) is 75.5 Å². The van der Waals surface area contributed by atoms with E-state index in [0.29, 0.717) is 0 Å². The monoisotopic (exact) mass is 417 g/mol. The Morgan fingerprint density at radius 3 is 2.71 bits per heavy atom. The normalized spacial score (nSPS) is 10.3. The van der Waals surface area contributed by atoms with Crippen LogP contribution in [-0.4, -0.2) is 25.9 Å². The van der Waals surface area contributed by atoms with Gasteiger partial charge in [0.15, 0.2) is 5.69 Å². The Morgan fingerprint density at radius 1 is 1.10 bits per heavy atom. The summed E-state index contributed by atoms with van der Waals surface area (Å²) in [6.45, 7) is 0. The lowest BCUT2D eigenvalue weighted by Crippen LogP contribution is -2.16. The van der Waals surface area contributed by atoms with Gasteiger partial charge in [-0.1, -0.05) is 11.2 Å². The lowest BCUT2D eigenvalue weighted by Gasteiger charge is -2.05. The summed E-state index contributed by atoms with van der Waals surface area (Å²) in [6, 6.07) is 12.9. The number of rotatable bonds is 4. The Hall–Kier alpha value is -5.10. The molecule has 11 nitrogen and oxygen atoms in total. The van der Waals surface area contributed by atoms with Crippen molar-refractivity contribution in [2.24, 2.45) is 0 Å². The van der Waals surface area contributed by atoms with Crippen molar-refractivity contribution in [3.8, 4) is 29.3 Å². The van der Waals surface area contributed by atoms with Gasteiger partial charge in [0, 0.05) is 5.56 Å². The number of nitrogens with zero attached hydrogens (tertiary/aromatic N) is 6. The van der Waals surface area contributed by atoms with Gasteiger partial charge in [-0.15, -0.1) is 0 Å². The van der Waals surface area contributed by atoms with Crippen LogP contribution in [0.5, 0.6) is 0 Å². The Kier molecular flexibility index (Phi) is 4.79. The highest BCUT2D eigenvalue weighted by molar-refractivity contribution is 6.05. The van der Waals surface area contributed by atoms with Gasteiger partial charge in [-0.3, -0.25) is 9.32 Å². The Morgan fingerprint density at radius 2 is 1.94 bits per heavy atom. The number of halogens is 1. The quantitative estimate of drug-likeness (QED) is 0.523. The number of aromatic nitrogens is 4. The second-order valence-electron chi connectivity index (χ2n) is 5.99. The molecule has 0 radical (unpaired) electrons. The first-order valence-corrected chi connectivity index (χ1v) is 8.45. The molecule has 0 saturated heterocycles. The number of benzene rings is 2. The number of hydrogen-bond donors (Lipinski definition) is 1. The molecule has 2 heterocycles. The second-order valence-corrected chi connectivity index (χ2v) is 5.99. The molecule has 1 N–H and O–H groups in total. The number of nitrogens with one attached hydrogen (secondary N) is 1. The Bertz CT molecular complexity index is 1450. The molecule has 0 unspecified atom stereocenters. The molecule has 1 amide bonds. The van der Waals surface area contributed by atoms with E-state index in [1.807, 2.05) is 6.07 Å². The average molecular weight is 417 g/mol. The van der Waals surface area contributed by atoms with Gasteiger partial charge in [0.05, 0.1) is 22.9 Å². The lowest BCUT2D eigenvalue weighted by atomic mass is 10.1. The molecule has 31 heavy (non-hydrogen) atoms. The zero-order chi connectivity index (χ0) is 22.0. The topological polar surface area (TPSA) is 164 Å². The third kappa shape index (κ3) is 3.52. The van der Waals surface area contributed by atoms with E-state index in [9.17, 15) is 14.0 Å². The van der Waals surface area contributed by atoms with Crippen LogP contribution in [0, 0.1) is 28.5 Å². The molecule has 0 fully saturated rings. The molecule has 12 heteroatoms. The summed E-state index contributed by atoms with van der Waals surface area (Å²) in [4.78, 5) is 24.7. The molecule has 0 spiro atoms. The van der Waals surface area contributed by atoms with Crippen LogP contribution in [0.2, 0.25) is 0 Å². The van der Waals surface area contributed by atoms with Crippen molar-refractivity contribution in [3.63, 3.8) is 0 Å². The molecule has 0 atom stereocenters. The van der Waals surface area contributed by atoms with E-state index in [4.69, 9.17) is 10.5 Å². The third-order valence-electron chi connectivity index (χ3n) is 4.12. The first-order chi connectivity index (χ1) is 15.0. The van der Waals surface area contributed by atoms with Crippen molar-refractivity contribution < 1.29 is 18.3 Å². The summed E-state index contributed by atoms with van der Waals surface area (Å²) >= 11 is 0. The first kappa shape index (κ1) is 19.2. The molecule has 2 aromatic carbocycles. The van der Waals surface area contributed by atoms with E-state index in [1.165, 1.54) is 30.3 Å². The number of anilines is 1. The van der Waals surface area contributed by atoms with E-state index in [-0.39, 0.29) is 39.7 Å². The third-order valence-corrected chi connectivity index (χ3v) is 4.12. The second kappa shape index (κ2) is 7.73. The average Bonchev–Trinajstić information content (AvgIpc) is 3.40. The molecule has 0 aliphatic heterocycles. The van der Waals surface area contributed by atoms with Crippen LogP contribution in [0.3, 0.4) is 0 Å². The molecule has 0 aliphatic carbocycles. The number of amides is 1. The van der Waals surface area contributed by atoms with Crippen LogP contribution < -0.4 is 11.1 Å². The fraction of sp³-hybridized carbons (Fsp3) is 0. The fourth-order valence-electron chi connectivity index (χ4n) is 2.69. The van der Waals surface area contributed by atoms with Crippen molar-refractivity contribution in [1.82, 2.24) is 20.0 Å². The summed E-state index contributed by atoms with van der Waals surface area (Å²) in [5.74, 6) is -2.74. The van der Waals surface area contributed by atoms with Gasteiger partial charge in [-0.05, 0) is 46.7 Å². The maximum atomic E-state index is 13.7. The van der Waals surface area contributed by atoms with Crippen LogP contribution in [0.15, 0.2) is 56.4 Å². The molecule has 4 aromatic rings. The van der Waals surface area contributed by atoms with Gasteiger partial charge in [0.1, 0.15) is 11.9 Å². The summed E-state index contributed by atoms with van der Waals surface area (Å²) in [7, 11) is 0. The van der Waals surface area contributed by atoms with E-state index >= 15 is 0 Å². The van der Waals surface area contributed by atoms with Crippen molar-refractivity contribution >= 4 is 11.7 Å². The van der Waals surface area contributed by atoms with E-state index in [0.717, 1.165) is 16.7 Å². The van der Waals surface area contributed by atoms with E-state index < -0.39 is 17.5 Å². The largest absolute Gasteiger partial charge is 0.446 e. The highest BCUT2D eigenvalue weighted by atomic mass is 19.1. The van der Waals surface area contributed by atoms with Crippen LogP contribution in [-0.2, 0) is 0 Å². The van der Waals surface area contributed by atoms with E-state index in [1.54, 1.807) is 6.07 Å². The van der Waals surface area contributed by atoms with Crippen molar-refractivity contribution in [2.45, 2.75) is 0 Å². The van der Waals surface area contributed by atoms with E-state index in [2.05, 4.69) is 29.9 Å². The van der Waals surface area contributed by atoms with Crippen LogP contribution in [0.4, 0.5) is 10.2 Å². The maximum Gasteiger partial charge on any atom is 0.446 e. The summed E-state index contributed by atoms with van der Waals surface area (Å²) in [5.41, 5.74) is 0.0595. The number of carbonyl (C=O) groups excluding carboxylic acids is 1. The minimum absolute atomic E-state index is 0.0706. The zero-order valence-corrected chi connectivity index (χ0v) is 15.2. The molecular weight excluding hydrogens is 409 g/mol. The molecular formula is C19H8FN7O4. The highest BCUT2D eigenvalue weighted by Gasteiger charge is 2.24. The minimum atomic E-state index is -0.951. The van der Waals surface area contributed by atoms with Crippen molar-refractivity contribution in [2.75, 3.05) is 5.32 Å². The summed E-state index contributed by atoms with van der Waals surface area (Å²) in [5, 5.41) is 31.3. The highest BCUT2D eigenvalue weighted by Crippen LogP contribution is 2.25. The molecule has 0 bridgehead atoms.